The van der Waals surface area contributed by atoms with Crippen molar-refractivity contribution < 1.29 is 14.3 Å². The summed E-state index contributed by atoms with van der Waals surface area (Å²) in [7, 11) is 3.57. The van der Waals surface area contributed by atoms with Crippen molar-refractivity contribution in [2.75, 3.05) is 14.2 Å². The molecule has 4 rings (SSSR count). The summed E-state index contributed by atoms with van der Waals surface area (Å²) in [5.74, 6) is 2.39. The van der Waals surface area contributed by atoms with Crippen LogP contribution in [0.25, 0.3) is 11.0 Å². The van der Waals surface area contributed by atoms with Crippen molar-refractivity contribution >= 4 is 16.9 Å². The van der Waals surface area contributed by atoms with E-state index in [-0.39, 0.29) is 12.5 Å². The zero-order chi connectivity index (χ0) is 20.9. The number of fused-ring (bicyclic) bond motifs is 1. The van der Waals surface area contributed by atoms with Gasteiger partial charge in [-0.25, -0.2) is 4.98 Å². The summed E-state index contributed by atoms with van der Waals surface area (Å²) in [6.07, 6.45) is 5.88. The quantitative estimate of drug-likeness (QED) is 0.582. The molecule has 30 heavy (non-hydrogen) atoms. The number of benzene rings is 2. The summed E-state index contributed by atoms with van der Waals surface area (Å²) in [5, 5.41) is 0. The maximum atomic E-state index is 13.1. The first-order valence-electron chi connectivity index (χ1n) is 10.6. The van der Waals surface area contributed by atoms with Crippen molar-refractivity contribution in [2.45, 2.75) is 51.3 Å². The van der Waals surface area contributed by atoms with E-state index in [1.165, 1.54) is 19.3 Å². The second-order valence-electron chi connectivity index (χ2n) is 7.86. The summed E-state index contributed by atoms with van der Waals surface area (Å²) in [6.45, 7) is 0.566. The van der Waals surface area contributed by atoms with Crippen LogP contribution < -0.4 is 9.47 Å². The summed E-state index contributed by atoms with van der Waals surface area (Å²) >= 11 is 0. The van der Waals surface area contributed by atoms with Gasteiger partial charge in [0.15, 0.2) is 0 Å². The Hall–Kier alpha value is -3.02. The standard InChI is InChI=1S/C24H29N3O3/c1-26(18-8-4-3-5-9-18)24(28)16-27-22-11-7-6-10-21(22)25-23(27)17-30-20-14-12-19(29-2)13-15-20/h6-7,10-15,18H,3-5,8-9,16-17H2,1-2H3. The largest absolute Gasteiger partial charge is 0.497 e. The first-order valence-corrected chi connectivity index (χ1v) is 10.6. The molecule has 0 radical (unpaired) electrons. The molecule has 0 atom stereocenters. The number of rotatable bonds is 7. The monoisotopic (exact) mass is 407 g/mol. The summed E-state index contributed by atoms with van der Waals surface area (Å²) in [5.41, 5.74) is 1.83. The number of ether oxygens (including phenoxy) is 2. The van der Waals surface area contributed by atoms with E-state index < -0.39 is 0 Å². The summed E-state index contributed by atoms with van der Waals surface area (Å²) in [4.78, 5) is 19.7. The van der Waals surface area contributed by atoms with E-state index in [0.717, 1.165) is 41.2 Å². The molecule has 0 spiro atoms. The summed E-state index contributed by atoms with van der Waals surface area (Å²) in [6, 6.07) is 15.7. The van der Waals surface area contributed by atoms with Crippen LogP contribution in [0.15, 0.2) is 48.5 Å². The fourth-order valence-corrected chi connectivity index (χ4v) is 4.15. The van der Waals surface area contributed by atoms with Gasteiger partial charge in [0, 0.05) is 13.1 Å². The van der Waals surface area contributed by atoms with E-state index >= 15 is 0 Å². The highest BCUT2D eigenvalue weighted by Gasteiger charge is 2.23. The van der Waals surface area contributed by atoms with E-state index in [1.807, 2.05) is 65.0 Å². The van der Waals surface area contributed by atoms with Crippen molar-refractivity contribution in [1.82, 2.24) is 14.5 Å². The van der Waals surface area contributed by atoms with E-state index in [1.54, 1.807) is 7.11 Å². The number of methoxy groups -OCH3 is 1. The minimum atomic E-state index is 0.121. The molecular formula is C24H29N3O3. The van der Waals surface area contributed by atoms with Gasteiger partial charge in [-0.2, -0.15) is 0 Å². The number of likely N-dealkylation sites (N-methyl/N-ethyl adjacent to an activating group) is 1. The lowest BCUT2D eigenvalue weighted by molar-refractivity contribution is -0.133. The van der Waals surface area contributed by atoms with Crippen LogP contribution in [0.3, 0.4) is 0 Å². The Balaban J connectivity index is 1.52. The second kappa shape index (κ2) is 9.20. The molecule has 0 N–H and O–H groups in total. The minimum Gasteiger partial charge on any atom is -0.497 e. The van der Waals surface area contributed by atoms with Gasteiger partial charge in [0.1, 0.15) is 30.5 Å². The van der Waals surface area contributed by atoms with Crippen LogP contribution in [-0.2, 0) is 17.9 Å². The molecule has 1 aliphatic carbocycles. The molecule has 1 aromatic heterocycles. The third kappa shape index (κ3) is 4.42. The van der Waals surface area contributed by atoms with Gasteiger partial charge in [-0.15, -0.1) is 0 Å². The topological polar surface area (TPSA) is 56.6 Å². The third-order valence-electron chi connectivity index (χ3n) is 5.97. The highest BCUT2D eigenvalue weighted by Crippen LogP contribution is 2.24. The van der Waals surface area contributed by atoms with Gasteiger partial charge in [0.05, 0.1) is 18.1 Å². The lowest BCUT2D eigenvalue weighted by Crippen LogP contribution is -2.40. The van der Waals surface area contributed by atoms with Crippen molar-refractivity contribution in [3.8, 4) is 11.5 Å². The SMILES string of the molecule is COc1ccc(OCc2nc3ccccc3n2CC(=O)N(C)C2CCCCC2)cc1. The van der Waals surface area contributed by atoms with Gasteiger partial charge < -0.3 is 18.9 Å². The molecule has 6 nitrogen and oxygen atoms in total. The zero-order valence-electron chi connectivity index (χ0n) is 17.7. The Bertz CT molecular complexity index is 991. The number of hydrogen-bond donors (Lipinski definition) is 0. The number of amides is 1. The first kappa shape index (κ1) is 20.3. The molecule has 0 unspecified atom stereocenters. The van der Waals surface area contributed by atoms with Gasteiger partial charge in [0.25, 0.3) is 0 Å². The van der Waals surface area contributed by atoms with E-state index in [9.17, 15) is 4.79 Å². The molecule has 3 aromatic rings. The summed E-state index contributed by atoms with van der Waals surface area (Å²) < 4.78 is 13.1. The van der Waals surface area contributed by atoms with Crippen LogP contribution in [0, 0.1) is 0 Å². The lowest BCUT2D eigenvalue weighted by Gasteiger charge is -2.31. The van der Waals surface area contributed by atoms with E-state index in [0.29, 0.717) is 12.6 Å². The number of aromatic nitrogens is 2. The fourth-order valence-electron chi connectivity index (χ4n) is 4.15. The first-order chi connectivity index (χ1) is 14.7. The molecular weight excluding hydrogens is 378 g/mol. The molecule has 0 bridgehead atoms. The molecule has 158 valence electrons. The van der Waals surface area contributed by atoms with Crippen molar-refractivity contribution in [1.29, 1.82) is 0 Å². The van der Waals surface area contributed by atoms with E-state index in [2.05, 4.69) is 0 Å². The minimum absolute atomic E-state index is 0.121. The number of carbonyl (C=O) groups is 1. The Morgan fingerprint density at radius 3 is 2.50 bits per heavy atom. The average Bonchev–Trinajstić information content (AvgIpc) is 3.15. The smallest absolute Gasteiger partial charge is 0.242 e. The average molecular weight is 408 g/mol. The highest BCUT2D eigenvalue weighted by atomic mass is 16.5. The number of imidazole rings is 1. The van der Waals surface area contributed by atoms with Gasteiger partial charge >= 0.3 is 0 Å². The van der Waals surface area contributed by atoms with Crippen molar-refractivity contribution in [3.05, 3.63) is 54.4 Å². The molecule has 1 heterocycles. The predicted molar refractivity (Wildman–Crippen MR) is 117 cm³/mol. The van der Waals surface area contributed by atoms with Crippen LogP contribution in [-0.4, -0.2) is 40.6 Å². The number of hydrogen-bond acceptors (Lipinski definition) is 4. The van der Waals surface area contributed by atoms with E-state index in [4.69, 9.17) is 14.5 Å². The van der Waals surface area contributed by atoms with Crippen LogP contribution in [0.2, 0.25) is 0 Å². The molecule has 6 heteroatoms. The Labute approximate surface area is 177 Å². The normalized spacial score (nSPS) is 14.6. The van der Waals surface area contributed by atoms with Gasteiger partial charge in [-0.1, -0.05) is 31.4 Å². The Morgan fingerprint density at radius 2 is 1.77 bits per heavy atom. The second-order valence-corrected chi connectivity index (χ2v) is 7.86. The van der Waals surface area contributed by atoms with Crippen LogP contribution >= 0.6 is 0 Å². The molecule has 2 aromatic carbocycles. The van der Waals surface area contributed by atoms with Gasteiger partial charge in [-0.05, 0) is 49.2 Å². The van der Waals surface area contributed by atoms with Crippen LogP contribution in [0.4, 0.5) is 0 Å². The van der Waals surface area contributed by atoms with Gasteiger partial charge in [0.2, 0.25) is 5.91 Å². The molecule has 1 saturated carbocycles. The third-order valence-corrected chi connectivity index (χ3v) is 5.97. The number of nitrogens with zero attached hydrogens (tertiary/aromatic N) is 3. The van der Waals surface area contributed by atoms with Gasteiger partial charge in [-0.3, -0.25) is 4.79 Å². The number of para-hydroxylation sites is 2. The lowest BCUT2D eigenvalue weighted by atomic mass is 9.94. The van der Waals surface area contributed by atoms with Crippen LogP contribution in [0.1, 0.15) is 37.9 Å². The fraction of sp³-hybridized carbons (Fsp3) is 0.417. The van der Waals surface area contributed by atoms with Crippen LogP contribution in [0.5, 0.6) is 11.5 Å². The highest BCUT2D eigenvalue weighted by molar-refractivity contribution is 5.81. The molecule has 0 aliphatic heterocycles. The predicted octanol–water partition coefficient (Wildman–Crippen LogP) is 4.42. The molecule has 1 amide bonds. The Morgan fingerprint density at radius 1 is 1.07 bits per heavy atom. The van der Waals surface area contributed by atoms with Crippen molar-refractivity contribution in [3.63, 3.8) is 0 Å². The Kier molecular flexibility index (Phi) is 6.21. The maximum absolute atomic E-state index is 13.1. The van der Waals surface area contributed by atoms with Crippen molar-refractivity contribution in [2.24, 2.45) is 0 Å². The molecule has 1 fully saturated rings. The molecule has 0 saturated heterocycles. The maximum Gasteiger partial charge on any atom is 0.242 e. The molecule has 1 aliphatic rings. The zero-order valence-corrected chi connectivity index (χ0v) is 17.7. The number of carbonyl (C=O) groups excluding carboxylic acids is 1.